The first-order chi connectivity index (χ1) is 21.8. The lowest BCUT2D eigenvalue weighted by Crippen LogP contribution is -2.45. The molecule has 0 amide bonds. The minimum Gasteiger partial charge on any atom is -0.382 e. The van der Waals surface area contributed by atoms with Crippen LogP contribution in [-0.2, 0) is 41.4 Å². The van der Waals surface area contributed by atoms with Gasteiger partial charge in [0, 0.05) is 0 Å². The van der Waals surface area contributed by atoms with Crippen LogP contribution in [0, 0.1) is 0 Å². The number of H-pyrrole nitrogens is 1. The highest BCUT2D eigenvalue weighted by Crippen LogP contribution is 2.58. The maximum Gasteiger partial charge on any atom is 0.472 e. The molecule has 8 heterocycles. The molecule has 0 aliphatic carbocycles. The number of nitrogen functional groups attached to an aromatic ring is 2. The first-order valence-electron chi connectivity index (χ1n) is 13.4. The SMILES string of the molecule is N.N.Nc1nc2c(ncn2[C@@H]2O[C@@H]3COP(=O)(O)O[C@H]4[C@H]5OC[C@]4(COP(=O)(O)O[C@@H]2[C@@H]3F)O[C@H]5n2cnc3c(N)ncnc32)c(=O)[nH]1. The Morgan fingerprint density at radius 2 is 1.65 bits per heavy atom. The molecule has 27 heteroatoms. The number of alkyl halides is 1. The van der Waals surface area contributed by atoms with E-state index in [0.717, 1.165) is 10.9 Å². The number of nitrogens with one attached hydrogen (secondary N) is 1. The van der Waals surface area contributed by atoms with Crippen LogP contribution in [0.1, 0.15) is 12.5 Å². The zero-order valence-electron chi connectivity index (χ0n) is 24.3. The van der Waals surface area contributed by atoms with E-state index in [2.05, 4.69) is 29.9 Å². The fraction of sp³-hybridized carbons (Fsp3) is 0.524. The van der Waals surface area contributed by atoms with Gasteiger partial charge in [-0.2, -0.15) is 4.98 Å². The molecule has 0 radical (unpaired) electrons. The second kappa shape index (κ2) is 11.8. The van der Waals surface area contributed by atoms with Gasteiger partial charge in [0.25, 0.3) is 5.56 Å². The molecule has 13 N–H and O–H groups in total. The summed E-state index contributed by atoms with van der Waals surface area (Å²) in [5.41, 5.74) is 9.15. The number of nitrogens with two attached hydrogens (primary N) is 2. The predicted molar refractivity (Wildman–Crippen MR) is 155 cm³/mol. The lowest BCUT2D eigenvalue weighted by molar-refractivity contribution is -0.184. The Kier molecular flexibility index (Phi) is 8.44. The van der Waals surface area contributed by atoms with Crippen molar-refractivity contribution in [3.63, 3.8) is 0 Å². The van der Waals surface area contributed by atoms with Crippen LogP contribution in [0.5, 0.6) is 0 Å². The highest BCUT2D eigenvalue weighted by molar-refractivity contribution is 7.47. The molecule has 2 unspecified atom stereocenters. The fourth-order valence-corrected chi connectivity index (χ4v) is 7.91. The predicted octanol–water partition coefficient (Wildman–Crippen LogP) is -0.632. The molecule has 4 fully saturated rings. The lowest BCUT2D eigenvalue weighted by Gasteiger charge is -2.32. The summed E-state index contributed by atoms with van der Waals surface area (Å²) in [6, 6.07) is 0. The second-order valence-corrected chi connectivity index (χ2v) is 13.6. The normalized spacial score (nSPS) is 38.0. The molecule has 4 aromatic heterocycles. The Morgan fingerprint density at radius 3 is 2.42 bits per heavy atom. The molecule has 0 aromatic carbocycles. The number of nitrogens with zero attached hydrogens (tertiary/aromatic N) is 7. The van der Waals surface area contributed by atoms with Gasteiger partial charge in [-0.1, -0.05) is 0 Å². The van der Waals surface area contributed by atoms with Crippen LogP contribution in [0.2, 0.25) is 0 Å². The van der Waals surface area contributed by atoms with Gasteiger partial charge in [0.15, 0.2) is 41.3 Å². The third-order valence-electron chi connectivity index (χ3n) is 8.00. The van der Waals surface area contributed by atoms with Gasteiger partial charge >= 0.3 is 15.6 Å². The Balaban J connectivity index is 0.00000201. The van der Waals surface area contributed by atoms with Crippen molar-refractivity contribution >= 4 is 49.7 Å². The molecule has 8 rings (SSSR count). The quantitative estimate of drug-likeness (QED) is 0.127. The van der Waals surface area contributed by atoms with E-state index in [1.165, 1.54) is 17.2 Å². The van der Waals surface area contributed by atoms with Crippen LogP contribution in [0.15, 0.2) is 23.8 Å². The molecule has 10 atom stereocenters. The van der Waals surface area contributed by atoms with Gasteiger partial charge in [0.05, 0.1) is 32.5 Å². The summed E-state index contributed by atoms with van der Waals surface area (Å²) in [6.45, 7) is -2.01. The molecule has 4 bridgehead atoms. The third kappa shape index (κ3) is 5.38. The van der Waals surface area contributed by atoms with Gasteiger partial charge < -0.3 is 47.8 Å². The van der Waals surface area contributed by atoms with E-state index in [1.807, 2.05) is 0 Å². The van der Waals surface area contributed by atoms with Crippen LogP contribution in [-0.4, -0.2) is 105 Å². The molecule has 4 aliphatic rings. The van der Waals surface area contributed by atoms with E-state index in [4.69, 9.17) is 43.8 Å². The Morgan fingerprint density at radius 1 is 0.938 bits per heavy atom. The largest absolute Gasteiger partial charge is 0.472 e. The summed E-state index contributed by atoms with van der Waals surface area (Å²) in [4.78, 5) is 56.3. The molecule has 48 heavy (non-hydrogen) atoms. The molecule has 4 aromatic rings. The van der Waals surface area contributed by atoms with Crippen LogP contribution in [0.3, 0.4) is 0 Å². The number of fused-ring (bicyclic) bond motifs is 4. The van der Waals surface area contributed by atoms with Gasteiger partial charge in [-0.05, 0) is 0 Å². The van der Waals surface area contributed by atoms with Gasteiger partial charge in [-0.3, -0.25) is 37.0 Å². The number of rotatable bonds is 2. The van der Waals surface area contributed by atoms with Gasteiger partial charge in [0.1, 0.15) is 41.9 Å². The van der Waals surface area contributed by atoms with Crippen molar-refractivity contribution < 1.29 is 55.6 Å². The average Bonchev–Trinajstić information content (AvgIpc) is 3.80. The maximum absolute atomic E-state index is 15.8. The van der Waals surface area contributed by atoms with E-state index in [-0.39, 0.29) is 53.0 Å². The maximum atomic E-state index is 15.8. The minimum atomic E-state index is -5.19. The summed E-state index contributed by atoms with van der Waals surface area (Å²) >= 11 is 0. The third-order valence-corrected chi connectivity index (χ3v) is 9.93. The van der Waals surface area contributed by atoms with Crippen LogP contribution in [0.25, 0.3) is 22.3 Å². The number of phosphoric ester groups is 2. The Bertz CT molecular complexity index is 2030. The van der Waals surface area contributed by atoms with Crippen LogP contribution < -0.4 is 29.3 Å². The van der Waals surface area contributed by atoms with Crippen molar-refractivity contribution in [1.29, 1.82) is 0 Å². The molecule has 0 saturated carbocycles. The van der Waals surface area contributed by atoms with Crippen LogP contribution in [0.4, 0.5) is 16.2 Å². The molecular formula is C21H29FN12O12P2. The van der Waals surface area contributed by atoms with Crippen molar-refractivity contribution in [3.8, 4) is 0 Å². The van der Waals surface area contributed by atoms with Crippen molar-refractivity contribution in [1.82, 2.24) is 51.3 Å². The van der Waals surface area contributed by atoms with E-state index in [0.29, 0.717) is 0 Å². The number of hydrogen-bond donors (Lipinski definition) is 7. The zero-order valence-corrected chi connectivity index (χ0v) is 26.1. The number of halogens is 1. The Labute approximate surface area is 266 Å². The standard InChI is InChI=1S/C21H23FN10O12P2.2H3N/c22-8-7-1-39-45(34,35)44-13-12-19(31-5-27-9-14(23)25-4-26-15(9)31)42-21(13,2-38-12)3-40-46(36,37)43-11(8)18(41-7)32-6-28-10-16(32)29-20(24)30-17(10)33;;/h4-8,11-13,18-19H,1-3H2,(H,34,35)(H,36,37)(H2,23,25,26)(H3,24,29,30,33);2*1H3/t7-,8-,11-,12-,13+,18-,19-,21-;;/m1../s1. The van der Waals surface area contributed by atoms with Gasteiger partial charge in [0.2, 0.25) is 5.95 Å². The van der Waals surface area contributed by atoms with Crippen molar-refractivity contribution in [2.24, 2.45) is 0 Å². The number of phosphoric acid groups is 2. The molecule has 4 saturated heterocycles. The summed E-state index contributed by atoms with van der Waals surface area (Å²) in [5.74, 6) is -0.223. The number of aromatic nitrogens is 8. The van der Waals surface area contributed by atoms with Crippen molar-refractivity contribution in [2.75, 3.05) is 31.3 Å². The first-order valence-corrected chi connectivity index (χ1v) is 16.4. The van der Waals surface area contributed by atoms with E-state index >= 15 is 4.39 Å². The van der Waals surface area contributed by atoms with Crippen LogP contribution >= 0.6 is 15.6 Å². The molecule has 262 valence electrons. The average molecular weight is 722 g/mol. The summed E-state index contributed by atoms with van der Waals surface area (Å²) in [5, 5.41) is 0. The minimum absolute atomic E-state index is 0. The summed E-state index contributed by atoms with van der Waals surface area (Å²) < 4.78 is 83.9. The highest BCUT2D eigenvalue weighted by Gasteiger charge is 2.66. The number of hydrogen-bond acceptors (Lipinski definition) is 19. The number of imidazole rings is 2. The molecular weight excluding hydrogens is 693 g/mol. The van der Waals surface area contributed by atoms with Crippen molar-refractivity contribution in [3.05, 3.63) is 29.3 Å². The summed E-state index contributed by atoms with van der Waals surface area (Å²) in [7, 11) is -10.2. The van der Waals surface area contributed by atoms with E-state index in [1.54, 1.807) is 0 Å². The first kappa shape index (κ1) is 34.3. The Hall–Kier alpha value is -3.55. The monoisotopic (exact) mass is 722 g/mol. The number of aromatic amines is 1. The number of anilines is 2. The van der Waals surface area contributed by atoms with E-state index in [9.17, 15) is 23.7 Å². The highest BCUT2D eigenvalue weighted by atomic mass is 31.2. The van der Waals surface area contributed by atoms with E-state index < -0.39 is 83.1 Å². The number of ether oxygens (including phenoxy) is 3. The molecule has 4 aliphatic heterocycles. The van der Waals surface area contributed by atoms with Gasteiger partial charge in [-0.15, -0.1) is 0 Å². The van der Waals surface area contributed by atoms with Crippen molar-refractivity contribution in [2.45, 2.75) is 48.6 Å². The lowest BCUT2D eigenvalue weighted by atomic mass is 10.0. The zero-order chi connectivity index (χ0) is 32.2. The molecule has 0 spiro atoms. The summed E-state index contributed by atoms with van der Waals surface area (Å²) in [6.07, 6.45) is -7.48. The van der Waals surface area contributed by atoms with Gasteiger partial charge in [-0.25, -0.2) is 33.5 Å². The second-order valence-electron chi connectivity index (χ2n) is 10.8. The molecule has 24 nitrogen and oxygen atoms in total. The smallest absolute Gasteiger partial charge is 0.382 e. The fourth-order valence-electron chi connectivity index (χ4n) is 5.94. The topological polar surface area (TPSA) is 368 Å².